The lowest BCUT2D eigenvalue weighted by Crippen LogP contribution is -2.45. The third-order valence-electron chi connectivity index (χ3n) is 4.72. The van der Waals surface area contributed by atoms with Crippen LogP contribution in [-0.4, -0.2) is 30.4 Å². The lowest BCUT2D eigenvalue weighted by atomic mass is 10.0. The quantitative estimate of drug-likeness (QED) is 0.447. The van der Waals surface area contributed by atoms with Crippen molar-refractivity contribution in [2.75, 3.05) is 11.9 Å². The minimum Gasteiger partial charge on any atom is -0.454 e. The van der Waals surface area contributed by atoms with Crippen LogP contribution in [0.3, 0.4) is 0 Å². The molecular weight excluding hydrogens is 436 g/mol. The Labute approximate surface area is 197 Å². The van der Waals surface area contributed by atoms with E-state index in [2.05, 4.69) is 10.6 Å². The van der Waals surface area contributed by atoms with Gasteiger partial charge < -0.3 is 15.4 Å². The molecule has 0 bridgehead atoms. The van der Waals surface area contributed by atoms with Gasteiger partial charge in [0.25, 0.3) is 11.8 Å². The molecule has 7 heteroatoms. The third-order valence-corrected chi connectivity index (χ3v) is 5.80. The maximum absolute atomic E-state index is 12.6. The Hall–Kier alpha value is -3.58. The summed E-state index contributed by atoms with van der Waals surface area (Å²) in [5.74, 6) is -1.70. The number of hydrogen-bond donors (Lipinski definition) is 2. The molecular formula is C26H26N2O4S. The lowest BCUT2D eigenvalue weighted by molar-refractivity contribution is -0.150. The van der Waals surface area contributed by atoms with Gasteiger partial charge in [-0.1, -0.05) is 74.1 Å². The molecule has 1 unspecified atom stereocenters. The average molecular weight is 463 g/mol. The number of ether oxygens (including phenoxy) is 1. The van der Waals surface area contributed by atoms with Crippen molar-refractivity contribution in [1.82, 2.24) is 5.32 Å². The van der Waals surface area contributed by atoms with Gasteiger partial charge in [0, 0.05) is 15.4 Å². The van der Waals surface area contributed by atoms with Crippen LogP contribution in [-0.2, 0) is 14.3 Å². The predicted octanol–water partition coefficient (Wildman–Crippen LogP) is 4.77. The van der Waals surface area contributed by atoms with Crippen LogP contribution >= 0.6 is 11.8 Å². The number of amides is 2. The van der Waals surface area contributed by atoms with Gasteiger partial charge in [-0.15, -0.1) is 0 Å². The smallest absolute Gasteiger partial charge is 0.329 e. The number of benzene rings is 3. The number of hydrogen-bond acceptors (Lipinski definition) is 5. The Bertz CT molecular complexity index is 1090. The average Bonchev–Trinajstić information content (AvgIpc) is 2.83. The summed E-state index contributed by atoms with van der Waals surface area (Å²) < 4.78 is 5.22. The van der Waals surface area contributed by atoms with Crippen molar-refractivity contribution in [1.29, 1.82) is 0 Å². The van der Waals surface area contributed by atoms with Crippen LogP contribution in [0.2, 0.25) is 0 Å². The van der Waals surface area contributed by atoms with Gasteiger partial charge in [-0.2, -0.15) is 0 Å². The zero-order valence-corrected chi connectivity index (χ0v) is 19.3. The molecule has 2 N–H and O–H groups in total. The largest absolute Gasteiger partial charge is 0.454 e. The van der Waals surface area contributed by atoms with Crippen LogP contribution < -0.4 is 10.6 Å². The molecule has 0 radical (unpaired) electrons. The Morgan fingerprint density at radius 2 is 1.45 bits per heavy atom. The number of anilines is 1. The van der Waals surface area contributed by atoms with E-state index in [1.165, 1.54) is 11.8 Å². The van der Waals surface area contributed by atoms with E-state index in [1.807, 2.05) is 48.5 Å². The normalized spacial score (nSPS) is 11.5. The fourth-order valence-corrected chi connectivity index (χ4v) is 3.92. The molecule has 0 saturated carbocycles. The minimum absolute atomic E-state index is 0.212. The highest BCUT2D eigenvalue weighted by atomic mass is 32.2. The predicted molar refractivity (Wildman–Crippen MR) is 129 cm³/mol. The summed E-state index contributed by atoms with van der Waals surface area (Å²) in [6.07, 6.45) is 0. The third kappa shape index (κ3) is 7.22. The second-order valence-corrected chi connectivity index (χ2v) is 8.74. The van der Waals surface area contributed by atoms with Gasteiger partial charge in [-0.3, -0.25) is 9.59 Å². The van der Waals surface area contributed by atoms with Crippen molar-refractivity contribution in [3.8, 4) is 0 Å². The summed E-state index contributed by atoms with van der Waals surface area (Å²) >= 11 is 1.52. The van der Waals surface area contributed by atoms with Crippen LogP contribution in [0.4, 0.5) is 5.69 Å². The summed E-state index contributed by atoms with van der Waals surface area (Å²) in [6, 6.07) is 25.0. The zero-order valence-electron chi connectivity index (χ0n) is 18.5. The molecule has 33 heavy (non-hydrogen) atoms. The first-order valence-corrected chi connectivity index (χ1v) is 11.4. The number of nitrogens with one attached hydrogen (secondary N) is 2. The molecule has 0 spiro atoms. The maximum atomic E-state index is 12.6. The maximum Gasteiger partial charge on any atom is 0.329 e. The first kappa shape index (κ1) is 24.1. The summed E-state index contributed by atoms with van der Waals surface area (Å²) in [7, 11) is 0. The molecule has 1 atom stereocenters. The molecule has 0 aliphatic carbocycles. The van der Waals surface area contributed by atoms with Crippen molar-refractivity contribution >= 4 is 35.2 Å². The van der Waals surface area contributed by atoms with E-state index in [9.17, 15) is 14.4 Å². The van der Waals surface area contributed by atoms with E-state index in [4.69, 9.17) is 4.74 Å². The highest BCUT2D eigenvalue weighted by Crippen LogP contribution is 2.33. The SMILES string of the molecule is CC(C)C(NC(=O)c1ccccc1)C(=O)OCC(=O)Nc1ccccc1Sc1ccccc1. The summed E-state index contributed by atoms with van der Waals surface area (Å²) in [5.41, 5.74) is 1.08. The van der Waals surface area contributed by atoms with E-state index < -0.39 is 24.5 Å². The molecule has 0 heterocycles. The van der Waals surface area contributed by atoms with E-state index in [0.717, 1.165) is 9.79 Å². The van der Waals surface area contributed by atoms with E-state index in [-0.39, 0.29) is 11.8 Å². The van der Waals surface area contributed by atoms with Crippen molar-refractivity contribution < 1.29 is 19.1 Å². The second kappa shape index (κ2) is 11.9. The topological polar surface area (TPSA) is 84.5 Å². The van der Waals surface area contributed by atoms with Crippen LogP contribution in [0.5, 0.6) is 0 Å². The number of rotatable bonds is 9. The Morgan fingerprint density at radius 3 is 2.12 bits per heavy atom. The fraction of sp³-hybridized carbons (Fsp3) is 0.192. The first-order valence-electron chi connectivity index (χ1n) is 10.6. The molecule has 3 aromatic rings. The summed E-state index contributed by atoms with van der Waals surface area (Å²) in [6.45, 7) is 3.15. The van der Waals surface area contributed by atoms with Crippen LogP contribution in [0.15, 0.2) is 94.7 Å². The van der Waals surface area contributed by atoms with Gasteiger partial charge in [-0.05, 0) is 42.3 Å². The standard InChI is InChI=1S/C26H26N2O4S/c1-18(2)24(28-25(30)19-11-5-3-6-12-19)26(31)32-17-23(29)27-21-15-9-10-16-22(21)33-20-13-7-4-8-14-20/h3-16,18,24H,17H2,1-2H3,(H,27,29)(H,28,30). The van der Waals surface area contributed by atoms with Crippen molar-refractivity contribution in [2.24, 2.45) is 5.92 Å². The minimum atomic E-state index is -0.869. The number of para-hydroxylation sites is 1. The van der Waals surface area contributed by atoms with E-state index >= 15 is 0 Å². The van der Waals surface area contributed by atoms with Crippen LogP contribution in [0.1, 0.15) is 24.2 Å². The highest BCUT2D eigenvalue weighted by Gasteiger charge is 2.26. The molecule has 2 amide bonds. The van der Waals surface area contributed by atoms with Gasteiger partial charge in [0.05, 0.1) is 5.69 Å². The molecule has 0 aliphatic heterocycles. The van der Waals surface area contributed by atoms with E-state index in [0.29, 0.717) is 11.3 Å². The van der Waals surface area contributed by atoms with Crippen LogP contribution in [0.25, 0.3) is 0 Å². The van der Waals surface area contributed by atoms with Crippen molar-refractivity contribution in [3.05, 3.63) is 90.5 Å². The van der Waals surface area contributed by atoms with Crippen LogP contribution in [0, 0.1) is 5.92 Å². The summed E-state index contributed by atoms with van der Waals surface area (Å²) in [4.78, 5) is 39.4. The number of carbonyl (C=O) groups is 3. The fourth-order valence-electron chi connectivity index (χ4n) is 3.00. The van der Waals surface area contributed by atoms with E-state index in [1.54, 1.807) is 50.2 Å². The molecule has 170 valence electrons. The lowest BCUT2D eigenvalue weighted by Gasteiger charge is -2.21. The van der Waals surface area contributed by atoms with Gasteiger partial charge in [0.1, 0.15) is 6.04 Å². The molecule has 0 saturated heterocycles. The first-order chi connectivity index (χ1) is 15.9. The van der Waals surface area contributed by atoms with Gasteiger partial charge in [0.2, 0.25) is 0 Å². The number of esters is 1. The molecule has 0 fully saturated rings. The monoisotopic (exact) mass is 462 g/mol. The second-order valence-electron chi connectivity index (χ2n) is 7.63. The Morgan fingerprint density at radius 1 is 0.848 bits per heavy atom. The van der Waals surface area contributed by atoms with Crippen molar-refractivity contribution in [3.63, 3.8) is 0 Å². The molecule has 3 rings (SSSR count). The molecule has 3 aromatic carbocycles. The Kier molecular flexibility index (Phi) is 8.66. The summed E-state index contributed by atoms with van der Waals surface area (Å²) in [5, 5.41) is 5.49. The molecule has 6 nitrogen and oxygen atoms in total. The van der Waals surface area contributed by atoms with Crippen molar-refractivity contribution in [2.45, 2.75) is 29.7 Å². The van der Waals surface area contributed by atoms with Gasteiger partial charge in [-0.25, -0.2) is 4.79 Å². The molecule has 0 aliphatic rings. The van der Waals surface area contributed by atoms with Gasteiger partial charge in [0.15, 0.2) is 6.61 Å². The molecule has 0 aromatic heterocycles. The highest BCUT2D eigenvalue weighted by molar-refractivity contribution is 7.99. The Balaban J connectivity index is 1.57. The van der Waals surface area contributed by atoms with Gasteiger partial charge >= 0.3 is 5.97 Å². The zero-order chi connectivity index (χ0) is 23.6. The number of carbonyl (C=O) groups excluding carboxylic acids is 3.